The fourth-order valence-electron chi connectivity index (χ4n) is 1.92. The van der Waals surface area contributed by atoms with Gasteiger partial charge in [-0.2, -0.15) is 4.99 Å². The zero-order valence-corrected chi connectivity index (χ0v) is 14.0. The number of aliphatic imine (C=N–C) groups is 1. The van der Waals surface area contributed by atoms with Crippen LogP contribution in [0.15, 0.2) is 28.1 Å². The Morgan fingerprint density at radius 1 is 1.26 bits per heavy atom. The van der Waals surface area contributed by atoms with E-state index < -0.39 is 0 Å². The van der Waals surface area contributed by atoms with Crippen molar-refractivity contribution in [2.45, 2.75) is 20.8 Å². The van der Waals surface area contributed by atoms with Crippen LogP contribution in [0.5, 0.6) is 11.5 Å². The third-order valence-corrected chi connectivity index (χ3v) is 3.67. The number of nitrogens with one attached hydrogen (secondary N) is 1. The number of carbonyl (C=O) groups excluding carboxylic acids is 2. The van der Waals surface area contributed by atoms with Crippen molar-refractivity contribution in [3.05, 3.63) is 28.7 Å². The lowest BCUT2D eigenvalue weighted by Crippen LogP contribution is -2.23. The molecule has 1 N–H and O–H groups in total. The topological polar surface area (TPSA) is 77.0 Å². The first-order chi connectivity index (χ1) is 11.0. The van der Waals surface area contributed by atoms with E-state index in [0.29, 0.717) is 34.8 Å². The number of rotatable bonds is 5. The van der Waals surface area contributed by atoms with Gasteiger partial charge in [0.05, 0.1) is 18.1 Å². The van der Waals surface area contributed by atoms with E-state index in [9.17, 15) is 9.59 Å². The number of nitrogens with zero attached hydrogens (tertiary/aromatic N) is 1. The van der Waals surface area contributed by atoms with E-state index in [1.165, 1.54) is 6.92 Å². The zero-order chi connectivity index (χ0) is 16.8. The summed E-state index contributed by atoms with van der Waals surface area (Å²) in [6.07, 6.45) is 1.71. The smallest absolute Gasteiger partial charge is 0.286 e. The van der Waals surface area contributed by atoms with Crippen LogP contribution in [0.4, 0.5) is 0 Å². The van der Waals surface area contributed by atoms with Gasteiger partial charge in [0.2, 0.25) is 5.91 Å². The van der Waals surface area contributed by atoms with Gasteiger partial charge in [0.15, 0.2) is 16.7 Å². The number of ether oxygens (including phenoxy) is 2. The molecule has 23 heavy (non-hydrogen) atoms. The van der Waals surface area contributed by atoms with E-state index in [-0.39, 0.29) is 11.8 Å². The molecule has 2 amide bonds. The number of thioether (sulfide) groups is 1. The summed E-state index contributed by atoms with van der Waals surface area (Å²) in [5.74, 6) is 0.662. The van der Waals surface area contributed by atoms with Crippen LogP contribution in [-0.4, -0.2) is 30.2 Å². The van der Waals surface area contributed by atoms with Crippen LogP contribution in [0.1, 0.15) is 26.3 Å². The molecule has 0 atom stereocenters. The van der Waals surface area contributed by atoms with Gasteiger partial charge >= 0.3 is 0 Å². The van der Waals surface area contributed by atoms with Gasteiger partial charge < -0.3 is 14.8 Å². The highest BCUT2D eigenvalue weighted by Gasteiger charge is 2.22. The van der Waals surface area contributed by atoms with E-state index >= 15 is 0 Å². The Kier molecular flexibility index (Phi) is 5.81. The average molecular weight is 334 g/mol. The van der Waals surface area contributed by atoms with Gasteiger partial charge in [-0.25, -0.2) is 0 Å². The molecule has 0 bridgehead atoms. The molecule has 0 spiro atoms. The molecule has 0 saturated heterocycles. The summed E-state index contributed by atoms with van der Waals surface area (Å²) in [7, 11) is 0. The first kappa shape index (κ1) is 17.1. The lowest BCUT2D eigenvalue weighted by atomic mass is 10.2. The molecule has 0 fully saturated rings. The maximum Gasteiger partial charge on any atom is 0.286 e. The summed E-state index contributed by atoms with van der Waals surface area (Å²) in [5.41, 5.74) is 0.798. The minimum atomic E-state index is -0.370. The molecule has 0 aromatic heterocycles. The van der Waals surface area contributed by atoms with Crippen molar-refractivity contribution in [3.8, 4) is 11.5 Å². The molecule has 0 unspecified atom stereocenters. The molecule has 6 nitrogen and oxygen atoms in total. The fraction of sp³-hybridized carbons (Fsp3) is 0.312. The first-order valence-corrected chi connectivity index (χ1v) is 8.05. The van der Waals surface area contributed by atoms with Crippen LogP contribution in [0, 0.1) is 0 Å². The highest BCUT2D eigenvalue weighted by atomic mass is 32.2. The molecule has 1 aliphatic rings. The number of amidine groups is 1. The van der Waals surface area contributed by atoms with Crippen LogP contribution >= 0.6 is 11.8 Å². The predicted octanol–water partition coefficient (Wildman–Crippen LogP) is 2.59. The SMILES string of the molecule is CCOc1ccc(/C=C2/SC(NC(C)=O)=NC2=O)cc1OCC. The van der Waals surface area contributed by atoms with E-state index in [2.05, 4.69) is 10.3 Å². The Labute approximate surface area is 139 Å². The maximum atomic E-state index is 11.9. The molecule has 0 aliphatic carbocycles. The Bertz CT molecular complexity index is 683. The van der Waals surface area contributed by atoms with Crippen molar-refractivity contribution in [1.82, 2.24) is 5.32 Å². The highest BCUT2D eigenvalue weighted by Crippen LogP contribution is 2.32. The summed E-state index contributed by atoms with van der Waals surface area (Å²) in [6.45, 7) is 6.23. The van der Waals surface area contributed by atoms with E-state index in [0.717, 1.165) is 17.3 Å². The minimum absolute atomic E-state index is 0.259. The van der Waals surface area contributed by atoms with Crippen LogP contribution in [-0.2, 0) is 9.59 Å². The van der Waals surface area contributed by atoms with E-state index in [1.54, 1.807) is 12.1 Å². The Morgan fingerprint density at radius 3 is 2.61 bits per heavy atom. The molecule has 0 radical (unpaired) electrons. The van der Waals surface area contributed by atoms with Gasteiger partial charge in [0.25, 0.3) is 5.91 Å². The quantitative estimate of drug-likeness (QED) is 0.838. The standard InChI is InChI=1S/C16H18N2O4S/c1-4-21-12-7-6-11(8-13(12)22-5-2)9-14-15(20)18-16(23-14)17-10(3)19/h6-9H,4-5H2,1-3H3,(H,17,18,19,20)/b14-9+. The molecule has 1 aromatic rings. The summed E-state index contributed by atoms with van der Waals surface area (Å²) in [5, 5.41) is 2.81. The van der Waals surface area contributed by atoms with Crippen molar-refractivity contribution in [2.24, 2.45) is 4.99 Å². The minimum Gasteiger partial charge on any atom is -0.490 e. The Balaban J connectivity index is 2.21. The second-order valence-corrected chi connectivity index (χ2v) is 5.62. The highest BCUT2D eigenvalue weighted by molar-refractivity contribution is 8.18. The van der Waals surface area contributed by atoms with Crippen molar-refractivity contribution in [1.29, 1.82) is 0 Å². The van der Waals surface area contributed by atoms with Gasteiger partial charge in [-0.05, 0) is 49.4 Å². The lowest BCUT2D eigenvalue weighted by molar-refractivity contribution is -0.117. The van der Waals surface area contributed by atoms with E-state index in [4.69, 9.17) is 9.47 Å². The molecule has 0 saturated carbocycles. The van der Waals surface area contributed by atoms with Gasteiger partial charge in [0.1, 0.15) is 0 Å². The Morgan fingerprint density at radius 2 is 1.96 bits per heavy atom. The van der Waals surface area contributed by atoms with Crippen LogP contribution in [0.3, 0.4) is 0 Å². The van der Waals surface area contributed by atoms with Crippen molar-refractivity contribution in [2.75, 3.05) is 13.2 Å². The van der Waals surface area contributed by atoms with Crippen LogP contribution in [0.2, 0.25) is 0 Å². The monoisotopic (exact) mass is 334 g/mol. The predicted molar refractivity (Wildman–Crippen MR) is 90.6 cm³/mol. The third kappa shape index (κ3) is 4.59. The largest absolute Gasteiger partial charge is 0.490 e. The first-order valence-electron chi connectivity index (χ1n) is 7.23. The normalized spacial score (nSPS) is 15.5. The van der Waals surface area contributed by atoms with Gasteiger partial charge in [-0.15, -0.1) is 0 Å². The van der Waals surface area contributed by atoms with E-state index in [1.807, 2.05) is 26.0 Å². The fourth-order valence-corrected chi connectivity index (χ4v) is 2.78. The van der Waals surface area contributed by atoms with Crippen LogP contribution < -0.4 is 14.8 Å². The molecule has 1 aliphatic heterocycles. The number of amides is 2. The molecular weight excluding hydrogens is 316 g/mol. The van der Waals surface area contributed by atoms with Crippen molar-refractivity contribution >= 4 is 34.8 Å². The number of hydrogen-bond donors (Lipinski definition) is 1. The lowest BCUT2D eigenvalue weighted by Gasteiger charge is -2.11. The van der Waals surface area contributed by atoms with Gasteiger partial charge in [-0.3, -0.25) is 9.59 Å². The maximum absolute atomic E-state index is 11.9. The second-order valence-electron chi connectivity index (χ2n) is 4.59. The van der Waals surface area contributed by atoms with Gasteiger partial charge in [0, 0.05) is 6.92 Å². The van der Waals surface area contributed by atoms with Crippen molar-refractivity contribution < 1.29 is 19.1 Å². The number of carbonyl (C=O) groups is 2. The number of benzene rings is 1. The zero-order valence-electron chi connectivity index (χ0n) is 13.2. The van der Waals surface area contributed by atoms with Gasteiger partial charge in [-0.1, -0.05) is 6.07 Å². The summed E-state index contributed by atoms with van der Waals surface area (Å²) >= 11 is 1.13. The molecule has 1 heterocycles. The summed E-state index contributed by atoms with van der Waals surface area (Å²) < 4.78 is 11.1. The molecule has 2 rings (SSSR count). The summed E-state index contributed by atoms with van der Waals surface area (Å²) in [4.78, 5) is 27.1. The van der Waals surface area contributed by atoms with Crippen LogP contribution in [0.25, 0.3) is 6.08 Å². The molecule has 122 valence electrons. The average Bonchev–Trinajstić information content (AvgIpc) is 2.81. The molecule has 7 heteroatoms. The Hall–Kier alpha value is -2.28. The van der Waals surface area contributed by atoms with Crippen molar-refractivity contribution in [3.63, 3.8) is 0 Å². The summed E-state index contributed by atoms with van der Waals surface area (Å²) in [6, 6.07) is 5.46. The third-order valence-electron chi connectivity index (χ3n) is 2.77. The molecule has 1 aromatic carbocycles. The second kappa shape index (κ2) is 7.82. The number of hydrogen-bond acceptors (Lipinski definition) is 5. The molecular formula is C16H18N2O4S.